The molecule has 0 aliphatic rings. The van der Waals surface area contributed by atoms with Crippen LogP contribution in [0.1, 0.15) is 20.1 Å². The highest BCUT2D eigenvalue weighted by molar-refractivity contribution is 9.10. The van der Waals surface area contributed by atoms with Crippen molar-refractivity contribution in [2.24, 2.45) is 0 Å². The zero-order valence-electron chi connectivity index (χ0n) is 10.2. The minimum atomic E-state index is 0.141. The molecule has 1 heterocycles. The maximum atomic E-state index is 12.1. The van der Waals surface area contributed by atoms with Gasteiger partial charge in [-0.1, -0.05) is 12.1 Å². The van der Waals surface area contributed by atoms with Crippen LogP contribution in [-0.4, -0.2) is 12.9 Å². The van der Waals surface area contributed by atoms with E-state index in [0.717, 1.165) is 25.5 Å². The van der Waals surface area contributed by atoms with Gasteiger partial charge in [0.25, 0.3) is 0 Å². The van der Waals surface area contributed by atoms with Crippen LogP contribution in [0.15, 0.2) is 34.8 Å². The van der Waals surface area contributed by atoms with Gasteiger partial charge in [-0.25, -0.2) is 0 Å². The molecule has 0 fully saturated rings. The highest BCUT2D eigenvalue weighted by atomic mass is 79.9. The smallest absolute Gasteiger partial charge is 0.177 e. The predicted octanol–water partition coefficient (Wildman–Crippen LogP) is 4.25. The second-order valence-corrected chi connectivity index (χ2v) is 6.08. The Morgan fingerprint density at radius 2 is 2.17 bits per heavy atom. The number of hydrogen-bond acceptors (Lipinski definition) is 3. The molecule has 94 valence electrons. The van der Waals surface area contributed by atoms with Crippen LogP contribution >= 0.6 is 27.3 Å². The summed E-state index contributed by atoms with van der Waals surface area (Å²) in [5.74, 6) is 0.922. The van der Waals surface area contributed by atoms with E-state index in [-0.39, 0.29) is 5.78 Å². The number of Topliss-reactive ketones (excluding diaryl/α,β-unsaturated/α-hetero) is 1. The standard InChI is InChI=1S/C14H13BrO2S/c1-9-12(15)8-14(18-9)13(16)7-10-4-3-5-11(6-10)17-2/h3-6,8H,7H2,1-2H3. The van der Waals surface area contributed by atoms with E-state index < -0.39 is 0 Å². The van der Waals surface area contributed by atoms with Crippen LogP contribution in [0, 0.1) is 6.92 Å². The van der Waals surface area contributed by atoms with Crippen molar-refractivity contribution in [2.45, 2.75) is 13.3 Å². The van der Waals surface area contributed by atoms with E-state index >= 15 is 0 Å². The van der Waals surface area contributed by atoms with Crippen LogP contribution in [0.4, 0.5) is 0 Å². The summed E-state index contributed by atoms with van der Waals surface area (Å²) in [4.78, 5) is 14.1. The van der Waals surface area contributed by atoms with Crippen molar-refractivity contribution in [2.75, 3.05) is 7.11 Å². The summed E-state index contributed by atoms with van der Waals surface area (Å²) >= 11 is 4.95. The highest BCUT2D eigenvalue weighted by Gasteiger charge is 2.12. The normalized spacial score (nSPS) is 10.4. The van der Waals surface area contributed by atoms with Crippen LogP contribution in [-0.2, 0) is 6.42 Å². The zero-order valence-corrected chi connectivity index (χ0v) is 12.6. The number of methoxy groups -OCH3 is 1. The van der Waals surface area contributed by atoms with Gasteiger partial charge < -0.3 is 4.74 Å². The number of hydrogen-bond donors (Lipinski definition) is 0. The number of halogens is 1. The fourth-order valence-corrected chi connectivity index (χ4v) is 3.12. The van der Waals surface area contributed by atoms with Crippen LogP contribution < -0.4 is 4.74 Å². The van der Waals surface area contributed by atoms with Gasteiger partial charge in [-0.15, -0.1) is 11.3 Å². The number of aryl methyl sites for hydroxylation is 1. The Balaban J connectivity index is 2.15. The molecule has 2 nitrogen and oxygen atoms in total. The average Bonchev–Trinajstić information content (AvgIpc) is 2.70. The molecule has 2 rings (SSSR count). The molecule has 0 bridgehead atoms. The fraction of sp³-hybridized carbons (Fsp3) is 0.214. The summed E-state index contributed by atoms with van der Waals surface area (Å²) < 4.78 is 6.15. The summed E-state index contributed by atoms with van der Waals surface area (Å²) in [5, 5.41) is 0. The van der Waals surface area contributed by atoms with Crippen LogP contribution in [0.25, 0.3) is 0 Å². The number of ether oxygens (including phenoxy) is 1. The Morgan fingerprint density at radius 3 is 2.78 bits per heavy atom. The Hall–Kier alpha value is -1.13. The molecule has 0 saturated heterocycles. The molecule has 0 spiro atoms. The van der Waals surface area contributed by atoms with Gasteiger partial charge in [-0.2, -0.15) is 0 Å². The molecule has 0 amide bonds. The lowest BCUT2D eigenvalue weighted by atomic mass is 10.1. The molecule has 0 aliphatic heterocycles. The number of carbonyl (C=O) groups excluding carboxylic acids is 1. The van der Waals surface area contributed by atoms with E-state index in [0.29, 0.717) is 6.42 Å². The molecule has 4 heteroatoms. The lowest BCUT2D eigenvalue weighted by Gasteiger charge is -2.03. The monoisotopic (exact) mass is 324 g/mol. The maximum Gasteiger partial charge on any atom is 0.177 e. The average molecular weight is 325 g/mol. The van der Waals surface area contributed by atoms with E-state index in [2.05, 4.69) is 15.9 Å². The number of carbonyl (C=O) groups is 1. The lowest BCUT2D eigenvalue weighted by Crippen LogP contribution is -2.01. The Morgan fingerprint density at radius 1 is 1.39 bits per heavy atom. The van der Waals surface area contributed by atoms with Gasteiger partial charge in [0.05, 0.1) is 12.0 Å². The molecule has 0 unspecified atom stereocenters. The molecule has 0 radical (unpaired) electrons. The van der Waals surface area contributed by atoms with Crippen molar-refractivity contribution in [3.8, 4) is 5.75 Å². The van der Waals surface area contributed by atoms with Gasteiger partial charge in [-0.05, 0) is 46.6 Å². The third kappa shape index (κ3) is 3.00. The number of benzene rings is 1. The molecule has 1 aromatic heterocycles. The first kappa shape index (κ1) is 13.3. The fourth-order valence-electron chi connectivity index (χ4n) is 1.65. The third-order valence-electron chi connectivity index (χ3n) is 2.63. The van der Waals surface area contributed by atoms with E-state index in [1.807, 2.05) is 37.3 Å². The van der Waals surface area contributed by atoms with Gasteiger partial charge in [0.2, 0.25) is 0 Å². The Labute approximate surface area is 119 Å². The molecule has 0 atom stereocenters. The van der Waals surface area contributed by atoms with Crippen LogP contribution in [0.2, 0.25) is 0 Å². The third-order valence-corrected chi connectivity index (χ3v) is 4.81. The largest absolute Gasteiger partial charge is 0.497 e. The molecule has 0 saturated carbocycles. The summed E-state index contributed by atoms with van der Waals surface area (Å²) in [7, 11) is 1.63. The summed E-state index contributed by atoms with van der Waals surface area (Å²) in [6, 6.07) is 9.50. The van der Waals surface area contributed by atoms with Gasteiger partial charge in [-0.3, -0.25) is 4.79 Å². The van der Waals surface area contributed by atoms with Gasteiger partial charge in [0.15, 0.2) is 5.78 Å². The van der Waals surface area contributed by atoms with Crippen LogP contribution in [0.3, 0.4) is 0 Å². The van der Waals surface area contributed by atoms with Crippen molar-refractivity contribution in [3.63, 3.8) is 0 Å². The van der Waals surface area contributed by atoms with Crippen molar-refractivity contribution in [3.05, 3.63) is 50.1 Å². The first-order valence-electron chi connectivity index (χ1n) is 5.52. The minimum Gasteiger partial charge on any atom is -0.497 e. The van der Waals surface area contributed by atoms with E-state index in [4.69, 9.17) is 4.74 Å². The molecular weight excluding hydrogens is 312 g/mol. The minimum absolute atomic E-state index is 0.141. The lowest BCUT2D eigenvalue weighted by molar-refractivity contribution is 0.0997. The first-order valence-corrected chi connectivity index (χ1v) is 7.13. The Bertz CT molecular complexity index is 555. The molecule has 18 heavy (non-hydrogen) atoms. The van der Waals surface area contributed by atoms with Crippen LogP contribution in [0.5, 0.6) is 5.75 Å². The summed E-state index contributed by atoms with van der Waals surface area (Å²) in [6.45, 7) is 2.00. The van der Waals surface area contributed by atoms with Gasteiger partial charge in [0.1, 0.15) is 5.75 Å². The highest BCUT2D eigenvalue weighted by Crippen LogP contribution is 2.27. The molecular formula is C14H13BrO2S. The predicted molar refractivity (Wildman–Crippen MR) is 77.8 cm³/mol. The van der Waals surface area contributed by atoms with Crippen molar-refractivity contribution in [1.29, 1.82) is 0 Å². The molecule has 0 aliphatic carbocycles. The molecule has 0 N–H and O–H groups in total. The first-order chi connectivity index (χ1) is 8.60. The SMILES string of the molecule is COc1cccc(CC(=O)c2cc(Br)c(C)s2)c1. The van der Waals surface area contributed by atoms with E-state index in [1.165, 1.54) is 11.3 Å². The number of thiophene rings is 1. The van der Waals surface area contributed by atoms with Crippen molar-refractivity contribution < 1.29 is 9.53 Å². The maximum absolute atomic E-state index is 12.1. The second-order valence-electron chi connectivity index (χ2n) is 3.97. The zero-order chi connectivity index (χ0) is 13.1. The summed E-state index contributed by atoms with van der Waals surface area (Å²) in [6.07, 6.45) is 0.406. The molecule has 1 aromatic carbocycles. The van der Waals surface area contributed by atoms with Gasteiger partial charge in [0, 0.05) is 15.8 Å². The number of rotatable bonds is 4. The van der Waals surface area contributed by atoms with Crippen molar-refractivity contribution >= 4 is 33.0 Å². The molecule has 2 aromatic rings. The van der Waals surface area contributed by atoms with E-state index in [9.17, 15) is 4.79 Å². The van der Waals surface area contributed by atoms with E-state index in [1.54, 1.807) is 7.11 Å². The van der Waals surface area contributed by atoms with Gasteiger partial charge >= 0.3 is 0 Å². The second kappa shape index (κ2) is 5.67. The number of ketones is 1. The van der Waals surface area contributed by atoms with Crippen molar-refractivity contribution in [1.82, 2.24) is 0 Å². The Kier molecular flexibility index (Phi) is 4.19. The topological polar surface area (TPSA) is 26.3 Å². The summed E-state index contributed by atoms with van der Waals surface area (Å²) in [5.41, 5.74) is 0.974. The quantitative estimate of drug-likeness (QED) is 0.786.